The fourth-order valence-corrected chi connectivity index (χ4v) is 2.10. The van der Waals surface area contributed by atoms with E-state index in [9.17, 15) is 4.79 Å². The van der Waals surface area contributed by atoms with Gasteiger partial charge < -0.3 is 10.6 Å². The van der Waals surface area contributed by atoms with Crippen LogP contribution in [0.3, 0.4) is 0 Å². The Balaban J connectivity index is 2.17. The highest BCUT2D eigenvalue weighted by atomic mass is 16.2. The molecule has 1 aromatic carbocycles. The lowest BCUT2D eigenvalue weighted by Gasteiger charge is -2.08. The first kappa shape index (κ1) is 9.90. The minimum absolute atomic E-state index is 0.0481. The molecule has 0 unspecified atom stereocenters. The average Bonchev–Trinajstić information content (AvgIpc) is 2.65. The SMILES string of the molecule is Cc1ccc2c(c1)NC(=O)/C2=C1/C=CC=CN1. The molecular weight excluding hydrogens is 212 g/mol. The summed E-state index contributed by atoms with van der Waals surface area (Å²) in [5.74, 6) is -0.0481. The number of anilines is 1. The third-order valence-electron chi connectivity index (χ3n) is 2.90. The number of benzene rings is 1. The van der Waals surface area contributed by atoms with E-state index in [4.69, 9.17) is 0 Å². The van der Waals surface area contributed by atoms with Gasteiger partial charge >= 0.3 is 0 Å². The second kappa shape index (κ2) is 3.63. The Morgan fingerprint density at radius 3 is 2.82 bits per heavy atom. The van der Waals surface area contributed by atoms with Crippen molar-refractivity contribution in [3.63, 3.8) is 0 Å². The smallest absolute Gasteiger partial charge is 0.258 e. The highest BCUT2D eigenvalue weighted by Gasteiger charge is 2.26. The van der Waals surface area contributed by atoms with Gasteiger partial charge in [0.05, 0.1) is 11.3 Å². The molecule has 2 heterocycles. The number of aryl methyl sites for hydroxylation is 1. The number of carbonyl (C=O) groups excluding carboxylic acids is 1. The predicted molar refractivity (Wildman–Crippen MR) is 68.1 cm³/mol. The number of fused-ring (bicyclic) bond motifs is 1. The summed E-state index contributed by atoms with van der Waals surface area (Å²) in [6.45, 7) is 2.01. The molecule has 2 aliphatic heterocycles. The van der Waals surface area contributed by atoms with Crippen LogP contribution in [0.1, 0.15) is 11.1 Å². The van der Waals surface area contributed by atoms with Gasteiger partial charge in [0.15, 0.2) is 0 Å². The van der Waals surface area contributed by atoms with Crippen LogP contribution in [-0.4, -0.2) is 5.91 Å². The maximum Gasteiger partial charge on any atom is 0.258 e. The molecule has 84 valence electrons. The predicted octanol–water partition coefficient (Wildman–Crippen LogP) is 2.33. The van der Waals surface area contributed by atoms with Crippen LogP contribution >= 0.6 is 0 Å². The molecule has 2 aliphatic rings. The van der Waals surface area contributed by atoms with Crippen molar-refractivity contribution in [2.24, 2.45) is 0 Å². The van der Waals surface area contributed by atoms with Crippen molar-refractivity contribution in [2.75, 3.05) is 5.32 Å². The van der Waals surface area contributed by atoms with Crippen LogP contribution in [0.25, 0.3) is 5.57 Å². The molecule has 0 aromatic heterocycles. The van der Waals surface area contributed by atoms with Gasteiger partial charge in [-0.25, -0.2) is 0 Å². The zero-order chi connectivity index (χ0) is 11.8. The Morgan fingerprint density at radius 1 is 1.18 bits per heavy atom. The zero-order valence-corrected chi connectivity index (χ0v) is 9.45. The van der Waals surface area contributed by atoms with Gasteiger partial charge in [-0.3, -0.25) is 4.79 Å². The molecule has 1 aromatic rings. The highest BCUT2D eigenvalue weighted by molar-refractivity contribution is 6.32. The number of allylic oxidation sites excluding steroid dienone is 3. The van der Waals surface area contributed by atoms with Crippen LogP contribution in [0.4, 0.5) is 5.69 Å². The summed E-state index contributed by atoms with van der Waals surface area (Å²) in [6, 6.07) is 5.99. The lowest BCUT2D eigenvalue weighted by atomic mass is 10.0. The summed E-state index contributed by atoms with van der Waals surface area (Å²) in [6.07, 6.45) is 7.54. The van der Waals surface area contributed by atoms with E-state index in [0.29, 0.717) is 5.57 Å². The van der Waals surface area contributed by atoms with Crippen molar-refractivity contribution in [1.29, 1.82) is 0 Å². The van der Waals surface area contributed by atoms with E-state index in [0.717, 1.165) is 22.5 Å². The van der Waals surface area contributed by atoms with Gasteiger partial charge in [-0.1, -0.05) is 18.2 Å². The molecule has 1 amide bonds. The van der Waals surface area contributed by atoms with Crippen LogP contribution in [-0.2, 0) is 4.79 Å². The first-order valence-corrected chi connectivity index (χ1v) is 5.52. The third-order valence-corrected chi connectivity index (χ3v) is 2.90. The second-order valence-electron chi connectivity index (χ2n) is 4.15. The van der Waals surface area contributed by atoms with Gasteiger partial charge in [0.1, 0.15) is 0 Å². The first-order chi connectivity index (χ1) is 8.25. The van der Waals surface area contributed by atoms with Crippen molar-refractivity contribution < 1.29 is 4.79 Å². The molecule has 17 heavy (non-hydrogen) atoms. The number of amides is 1. The summed E-state index contributed by atoms with van der Waals surface area (Å²) < 4.78 is 0. The summed E-state index contributed by atoms with van der Waals surface area (Å²) in [5, 5.41) is 5.99. The standard InChI is InChI=1S/C14H12N2O/c1-9-5-6-10-12(8-9)16-14(17)13(10)11-4-2-3-7-15-11/h2-8,15H,1H3,(H,16,17)/b13-11-. The molecule has 0 aliphatic carbocycles. The number of hydrogen-bond donors (Lipinski definition) is 2. The minimum atomic E-state index is -0.0481. The molecule has 0 atom stereocenters. The van der Waals surface area contributed by atoms with Crippen molar-refractivity contribution in [3.05, 3.63) is 59.5 Å². The van der Waals surface area contributed by atoms with Crippen molar-refractivity contribution >= 4 is 17.2 Å². The molecule has 0 saturated heterocycles. The Kier molecular flexibility index (Phi) is 2.11. The number of carbonyl (C=O) groups is 1. The van der Waals surface area contributed by atoms with Gasteiger partial charge in [0.2, 0.25) is 0 Å². The van der Waals surface area contributed by atoms with Gasteiger partial charge in [-0.2, -0.15) is 0 Å². The minimum Gasteiger partial charge on any atom is -0.361 e. The maximum absolute atomic E-state index is 12.0. The summed E-state index contributed by atoms with van der Waals surface area (Å²) in [5.41, 5.74) is 4.54. The quantitative estimate of drug-likeness (QED) is 0.664. The normalized spacial score (nSPS) is 21.1. The number of hydrogen-bond acceptors (Lipinski definition) is 2. The van der Waals surface area contributed by atoms with E-state index in [1.807, 2.05) is 49.6 Å². The maximum atomic E-state index is 12.0. The van der Waals surface area contributed by atoms with Gasteiger partial charge in [-0.05, 0) is 30.7 Å². The molecule has 3 heteroatoms. The summed E-state index contributed by atoms with van der Waals surface area (Å²) in [7, 11) is 0. The molecule has 3 nitrogen and oxygen atoms in total. The third kappa shape index (κ3) is 1.56. The monoisotopic (exact) mass is 224 g/mol. The average molecular weight is 224 g/mol. The Hall–Kier alpha value is -2.29. The fraction of sp³-hybridized carbons (Fsp3) is 0.0714. The molecule has 0 saturated carbocycles. The van der Waals surface area contributed by atoms with E-state index in [1.54, 1.807) is 0 Å². The number of rotatable bonds is 0. The Morgan fingerprint density at radius 2 is 2.06 bits per heavy atom. The molecule has 3 rings (SSSR count). The lowest BCUT2D eigenvalue weighted by molar-refractivity contribution is -0.110. The molecule has 0 bridgehead atoms. The molecule has 0 fully saturated rings. The molecule has 2 N–H and O–H groups in total. The highest BCUT2D eigenvalue weighted by Crippen LogP contribution is 2.34. The summed E-state index contributed by atoms with van der Waals surface area (Å²) >= 11 is 0. The van der Waals surface area contributed by atoms with Crippen LogP contribution in [0.15, 0.2) is 48.3 Å². The van der Waals surface area contributed by atoms with Crippen molar-refractivity contribution in [1.82, 2.24) is 5.32 Å². The van der Waals surface area contributed by atoms with E-state index in [1.165, 1.54) is 0 Å². The lowest BCUT2D eigenvalue weighted by Crippen LogP contribution is -2.13. The van der Waals surface area contributed by atoms with Gasteiger partial charge in [0, 0.05) is 17.5 Å². The van der Waals surface area contributed by atoms with E-state index in [2.05, 4.69) is 10.6 Å². The van der Waals surface area contributed by atoms with Crippen LogP contribution in [0.2, 0.25) is 0 Å². The molecule has 0 spiro atoms. The van der Waals surface area contributed by atoms with Gasteiger partial charge in [-0.15, -0.1) is 0 Å². The first-order valence-electron chi connectivity index (χ1n) is 5.52. The Labute approximate surface area is 99.5 Å². The molecular formula is C14H12N2O. The van der Waals surface area contributed by atoms with Crippen LogP contribution in [0, 0.1) is 6.92 Å². The fourth-order valence-electron chi connectivity index (χ4n) is 2.10. The van der Waals surface area contributed by atoms with E-state index >= 15 is 0 Å². The topological polar surface area (TPSA) is 41.1 Å². The van der Waals surface area contributed by atoms with E-state index < -0.39 is 0 Å². The molecule has 0 radical (unpaired) electrons. The van der Waals surface area contributed by atoms with Crippen molar-refractivity contribution in [2.45, 2.75) is 6.92 Å². The van der Waals surface area contributed by atoms with Crippen LogP contribution in [0.5, 0.6) is 0 Å². The Bertz CT molecular complexity index is 594. The largest absolute Gasteiger partial charge is 0.361 e. The van der Waals surface area contributed by atoms with E-state index in [-0.39, 0.29) is 5.91 Å². The number of dihydropyridines is 1. The summed E-state index contributed by atoms with van der Waals surface area (Å²) in [4.78, 5) is 12.0. The van der Waals surface area contributed by atoms with Crippen molar-refractivity contribution in [3.8, 4) is 0 Å². The van der Waals surface area contributed by atoms with Crippen LogP contribution < -0.4 is 10.6 Å². The second-order valence-corrected chi connectivity index (χ2v) is 4.15. The zero-order valence-electron chi connectivity index (χ0n) is 9.45. The van der Waals surface area contributed by atoms with Gasteiger partial charge in [0.25, 0.3) is 5.91 Å². The number of nitrogens with one attached hydrogen (secondary N) is 2.